The SMILES string of the molecule is CCOc1ccc2[nH]c(=O)c(CNc3ccnc4ccccc34)cc2c1. The molecule has 4 aromatic rings. The van der Waals surface area contributed by atoms with Gasteiger partial charge in [-0.2, -0.15) is 0 Å². The monoisotopic (exact) mass is 345 g/mol. The fourth-order valence-corrected chi connectivity index (χ4v) is 3.06. The molecule has 0 aliphatic carbocycles. The van der Waals surface area contributed by atoms with Crippen molar-refractivity contribution in [1.82, 2.24) is 9.97 Å². The lowest BCUT2D eigenvalue weighted by Crippen LogP contribution is -2.15. The summed E-state index contributed by atoms with van der Waals surface area (Å²) in [6.07, 6.45) is 1.77. The summed E-state index contributed by atoms with van der Waals surface area (Å²) in [4.78, 5) is 19.7. The number of anilines is 1. The molecule has 2 heterocycles. The second-order valence-electron chi connectivity index (χ2n) is 6.03. The van der Waals surface area contributed by atoms with Gasteiger partial charge in [0.1, 0.15) is 5.75 Å². The molecule has 0 atom stereocenters. The van der Waals surface area contributed by atoms with Crippen molar-refractivity contribution in [2.45, 2.75) is 13.5 Å². The average Bonchev–Trinajstić information content (AvgIpc) is 2.67. The van der Waals surface area contributed by atoms with Gasteiger partial charge in [-0.05, 0) is 43.3 Å². The van der Waals surface area contributed by atoms with Gasteiger partial charge in [0.25, 0.3) is 5.56 Å². The zero-order valence-electron chi connectivity index (χ0n) is 14.5. The van der Waals surface area contributed by atoms with E-state index in [-0.39, 0.29) is 5.56 Å². The van der Waals surface area contributed by atoms with Gasteiger partial charge >= 0.3 is 0 Å². The third kappa shape index (κ3) is 3.11. The van der Waals surface area contributed by atoms with Crippen LogP contribution < -0.4 is 15.6 Å². The van der Waals surface area contributed by atoms with Crippen molar-refractivity contribution < 1.29 is 4.74 Å². The summed E-state index contributed by atoms with van der Waals surface area (Å²) in [5.74, 6) is 0.797. The van der Waals surface area contributed by atoms with Crippen LogP contribution in [-0.4, -0.2) is 16.6 Å². The van der Waals surface area contributed by atoms with Crippen molar-refractivity contribution in [3.05, 3.63) is 76.7 Å². The maximum absolute atomic E-state index is 12.4. The maximum Gasteiger partial charge on any atom is 0.253 e. The summed E-state index contributed by atoms with van der Waals surface area (Å²) in [7, 11) is 0. The smallest absolute Gasteiger partial charge is 0.253 e. The van der Waals surface area contributed by atoms with Gasteiger partial charge in [-0.3, -0.25) is 9.78 Å². The molecular weight excluding hydrogens is 326 g/mol. The molecule has 0 amide bonds. The summed E-state index contributed by atoms with van der Waals surface area (Å²) in [5, 5.41) is 5.34. The van der Waals surface area contributed by atoms with E-state index in [0.717, 1.165) is 33.2 Å². The Morgan fingerprint density at radius 3 is 2.88 bits per heavy atom. The van der Waals surface area contributed by atoms with Crippen molar-refractivity contribution >= 4 is 27.5 Å². The summed E-state index contributed by atoms with van der Waals surface area (Å²) in [5.41, 5.74) is 3.26. The van der Waals surface area contributed by atoms with E-state index in [0.29, 0.717) is 18.7 Å². The first-order chi connectivity index (χ1) is 12.7. The van der Waals surface area contributed by atoms with Gasteiger partial charge in [0.2, 0.25) is 0 Å². The molecule has 0 spiro atoms. The van der Waals surface area contributed by atoms with E-state index < -0.39 is 0 Å². The molecule has 0 aliphatic heterocycles. The first kappa shape index (κ1) is 16.1. The molecule has 4 rings (SSSR count). The zero-order chi connectivity index (χ0) is 17.9. The van der Waals surface area contributed by atoms with Crippen LogP contribution >= 0.6 is 0 Å². The molecule has 0 bridgehead atoms. The predicted octanol–water partition coefficient (Wildman–Crippen LogP) is 4.09. The minimum absolute atomic E-state index is 0.0903. The zero-order valence-corrected chi connectivity index (χ0v) is 14.5. The summed E-state index contributed by atoms with van der Waals surface area (Å²) >= 11 is 0. The predicted molar refractivity (Wildman–Crippen MR) is 105 cm³/mol. The number of hydrogen-bond donors (Lipinski definition) is 2. The molecule has 0 unspecified atom stereocenters. The first-order valence-electron chi connectivity index (χ1n) is 8.61. The number of aromatic amines is 1. The number of nitrogens with zero attached hydrogens (tertiary/aromatic N) is 1. The molecule has 0 saturated heterocycles. The molecule has 130 valence electrons. The lowest BCUT2D eigenvalue weighted by Gasteiger charge is -2.10. The largest absolute Gasteiger partial charge is 0.494 e. The summed E-state index contributed by atoms with van der Waals surface area (Å²) in [6, 6.07) is 17.4. The van der Waals surface area contributed by atoms with Gasteiger partial charge in [0.15, 0.2) is 0 Å². The van der Waals surface area contributed by atoms with Crippen molar-refractivity contribution in [3.63, 3.8) is 0 Å². The standard InChI is InChI=1S/C21H19N3O2/c1-2-26-16-7-8-18-14(12-16)11-15(21(25)24-18)13-23-20-9-10-22-19-6-4-3-5-17(19)20/h3-12H,2,13H2,1H3,(H,22,23)(H,24,25). The normalized spacial score (nSPS) is 11.0. The minimum Gasteiger partial charge on any atom is -0.494 e. The van der Waals surface area contributed by atoms with Gasteiger partial charge in [0, 0.05) is 40.3 Å². The van der Waals surface area contributed by atoms with Crippen molar-refractivity contribution in [1.29, 1.82) is 0 Å². The molecule has 26 heavy (non-hydrogen) atoms. The highest BCUT2D eigenvalue weighted by molar-refractivity contribution is 5.90. The van der Waals surface area contributed by atoms with E-state index in [9.17, 15) is 4.79 Å². The molecule has 2 N–H and O–H groups in total. The third-order valence-corrected chi connectivity index (χ3v) is 4.32. The number of fused-ring (bicyclic) bond motifs is 2. The van der Waals surface area contributed by atoms with Crippen LogP contribution in [0.15, 0.2) is 65.6 Å². The van der Waals surface area contributed by atoms with Crippen LogP contribution in [0.4, 0.5) is 5.69 Å². The van der Waals surface area contributed by atoms with Gasteiger partial charge in [-0.1, -0.05) is 18.2 Å². The van der Waals surface area contributed by atoms with E-state index in [1.54, 1.807) is 6.20 Å². The lowest BCUT2D eigenvalue weighted by molar-refractivity contribution is 0.340. The molecule has 5 nitrogen and oxygen atoms in total. The van der Waals surface area contributed by atoms with Crippen LogP contribution in [0.1, 0.15) is 12.5 Å². The molecule has 2 aromatic heterocycles. The van der Waals surface area contributed by atoms with Crippen molar-refractivity contribution in [2.75, 3.05) is 11.9 Å². The highest BCUT2D eigenvalue weighted by Gasteiger charge is 2.06. The van der Waals surface area contributed by atoms with Gasteiger partial charge in [0.05, 0.1) is 12.1 Å². The van der Waals surface area contributed by atoms with E-state index in [1.165, 1.54) is 0 Å². The van der Waals surface area contributed by atoms with E-state index >= 15 is 0 Å². The second-order valence-corrected chi connectivity index (χ2v) is 6.03. The number of pyridine rings is 2. The number of hydrogen-bond acceptors (Lipinski definition) is 4. The molecular formula is C21H19N3O2. The number of nitrogens with one attached hydrogen (secondary N) is 2. The van der Waals surface area contributed by atoms with Gasteiger partial charge in [-0.15, -0.1) is 0 Å². The Morgan fingerprint density at radius 2 is 2.00 bits per heavy atom. The Labute approximate surface area is 150 Å². The van der Waals surface area contributed by atoms with Crippen molar-refractivity contribution in [3.8, 4) is 5.75 Å². The summed E-state index contributed by atoms with van der Waals surface area (Å²) in [6.45, 7) is 2.99. The Morgan fingerprint density at radius 1 is 1.12 bits per heavy atom. The Balaban J connectivity index is 1.65. The van der Waals surface area contributed by atoms with E-state index in [2.05, 4.69) is 15.3 Å². The Hall–Kier alpha value is -3.34. The lowest BCUT2D eigenvalue weighted by atomic mass is 10.1. The second kappa shape index (κ2) is 6.88. The van der Waals surface area contributed by atoms with Crippen LogP contribution in [0.3, 0.4) is 0 Å². The number of H-pyrrole nitrogens is 1. The number of benzene rings is 2. The number of ether oxygens (including phenoxy) is 1. The highest BCUT2D eigenvalue weighted by atomic mass is 16.5. The molecule has 0 saturated carbocycles. The van der Waals surface area contributed by atoms with Crippen LogP contribution in [0.2, 0.25) is 0 Å². The molecule has 5 heteroatoms. The number of aromatic nitrogens is 2. The molecule has 2 aromatic carbocycles. The summed E-state index contributed by atoms with van der Waals surface area (Å²) < 4.78 is 5.55. The Kier molecular flexibility index (Phi) is 4.27. The van der Waals surface area contributed by atoms with Crippen LogP contribution in [0, 0.1) is 0 Å². The van der Waals surface area contributed by atoms with E-state index in [1.807, 2.05) is 61.5 Å². The number of rotatable bonds is 5. The highest BCUT2D eigenvalue weighted by Crippen LogP contribution is 2.22. The topological polar surface area (TPSA) is 67.0 Å². The number of para-hydroxylation sites is 1. The average molecular weight is 345 g/mol. The van der Waals surface area contributed by atoms with Crippen molar-refractivity contribution in [2.24, 2.45) is 0 Å². The molecule has 0 fully saturated rings. The van der Waals surface area contributed by atoms with Gasteiger partial charge in [-0.25, -0.2) is 0 Å². The fraction of sp³-hybridized carbons (Fsp3) is 0.143. The first-order valence-corrected chi connectivity index (χ1v) is 8.61. The quantitative estimate of drug-likeness (QED) is 0.572. The van der Waals surface area contributed by atoms with Crippen LogP contribution in [0.25, 0.3) is 21.8 Å². The van der Waals surface area contributed by atoms with Gasteiger partial charge < -0.3 is 15.0 Å². The van der Waals surface area contributed by atoms with Crippen LogP contribution in [0.5, 0.6) is 5.75 Å². The maximum atomic E-state index is 12.4. The minimum atomic E-state index is -0.0903. The molecule has 0 aliphatic rings. The van der Waals surface area contributed by atoms with E-state index in [4.69, 9.17) is 4.74 Å². The van der Waals surface area contributed by atoms with Crippen LogP contribution in [-0.2, 0) is 6.54 Å². The Bertz CT molecular complexity index is 1130. The third-order valence-electron chi connectivity index (χ3n) is 4.32. The molecule has 0 radical (unpaired) electrons. The fourth-order valence-electron chi connectivity index (χ4n) is 3.06.